The minimum Gasteiger partial charge on any atom is -0.491 e. The van der Waals surface area contributed by atoms with Crippen molar-refractivity contribution < 1.29 is 9.84 Å². The average Bonchev–Trinajstić information content (AvgIpc) is 2.65. The molecule has 0 spiro atoms. The van der Waals surface area contributed by atoms with Gasteiger partial charge in [-0.15, -0.1) is 0 Å². The van der Waals surface area contributed by atoms with Gasteiger partial charge >= 0.3 is 0 Å². The highest BCUT2D eigenvalue weighted by molar-refractivity contribution is 7.99. The summed E-state index contributed by atoms with van der Waals surface area (Å²) in [5.74, 6) is 1.07. The lowest BCUT2D eigenvalue weighted by Crippen LogP contribution is -2.26. The molecule has 5 nitrogen and oxygen atoms in total. The maximum absolute atomic E-state index is 12.8. The van der Waals surface area contributed by atoms with E-state index in [0.29, 0.717) is 32.6 Å². The Labute approximate surface area is 167 Å². The molecule has 1 aromatic heterocycles. The first kappa shape index (κ1) is 19.7. The van der Waals surface area contributed by atoms with Crippen molar-refractivity contribution in [1.29, 1.82) is 0 Å². The lowest BCUT2D eigenvalue weighted by molar-refractivity contribution is 0.126. The maximum Gasteiger partial charge on any atom is 0.262 e. The van der Waals surface area contributed by atoms with E-state index < -0.39 is 6.10 Å². The number of hydrogen-bond acceptors (Lipinski definition) is 5. The molecule has 0 aliphatic rings. The van der Waals surface area contributed by atoms with E-state index in [0.717, 1.165) is 0 Å². The normalized spacial score (nSPS) is 12.5. The highest BCUT2D eigenvalue weighted by Gasteiger charge is 2.16. The van der Waals surface area contributed by atoms with Gasteiger partial charge in [-0.25, -0.2) is 4.98 Å². The van der Waals surface area contributed by atoms with Gasteiger partial charge in [-0.05, 0) is 44.2 Å². The van der Waals surface area contributed by atoms with E-state index in [2.05, 4.69) is 4.98 Å². The summed E-state index contributed by atoms with van der Waals surface area (Å²) in [6.07, 6.45) is -0.692. The summed E-state index contributed by atoms with van der Waals surface area (Å²) in [5.41, 5.74) is 0.450. The van der Waals surface area contributed by atoms with Gasteiger partial charge in [0.2, 0.25) is 0 Å². The van der Waals surface area contributed by atoms with E-state index in [9.17, 15) is 9.90 Å². The van der Waals surface area contributed by atoms with Crippen LogP contribution in [0.3, 0.4) is 0 Å². The van der Waals surface area contributed by atoms with Gasteiger partial charge in [0.05, 0.1) is 17.0 Å². The van der Waals surface area contributed by atoms with Crippen LogP contribution in [0.1, 0.15) is 19.9 Å². The van der Waals surface area contributed by atoms with Crippen molar-refractivity contribution in [1.82, 2.24) is 9.55 Å². The van der Waals surface area contributed by atoms with Gasteiger partial charge in [0.15, 0.2) is 5.16 Å². The Morgan fingerprint density at radius 3 is 2.67 bits per heavy atom. The Balaban J connectivity index is 1.77. The highest BCUT2D eigenvalue weighted by Crippen LogP contribution is 2.23. The summed E-state index contributed by atoms with van der Waals surface area (Å²) in [4.78, 5) is 17.4. The standard InChI is InChI=1S/C20H21ClN2O3S/c1-13(2)23-19(25)17-9-8-14(21)10-18(17)22-20(23)27-12-15(24)11-26-16-6-4-3-5-7-16/h3-10,13,15,24H,11-12H2,1-2H3/t15-/m1/s1. The molecule has 142 valence electrons. The van der Waals surface area contributed by atoms with E-state index in [1.165, 1.54) is 11.8 Å². The zero-order valence-corrected chi connectivity index (χ0v) is 16.7. The number of ether oxygens (including phenoxy) is 1. The molecule has 0 aliphatic heterocycles. The van der Waals surface area contributed by atoms with Gasteiger partial charge in [-0.3, -0.25) is 9.36 Å². The van der Waals surface area contributed by atoms with E-state index >= 15 is 0 Å². The van der Waals surface area contributed by atoms with E-state index in [-0.39, 0.29) is 18.2 Å². The Morgan fingerprint density at radius 2 is 1.96 bits per heavy atom. The summed E-state index contributed by atoms with van der Waals surface area (Å²) in [5, 5.41) is 11.9. The van der Waals surface area contributed by atoms with Gasteiger partial charge in [0.1, 0.15) is 12.4 Å². The van der Waals surface area contributed by atoms with Crippen molar-refractivity contribution in [3.63, 3.8) is 0 Å². The third kappa shape index (κ3) is 4.83. The second-order valence-corrected chi connectivity index (χ2v) is 7.84. The second kappa shape index (κ2) is 8.78. The first-order valence-electron chi connectivity index (χ1n) is 8.66. The predicted molar refractivity (Wildman–Crippen MR) is 110 cm³/mol. The zero-order chi connectivity index (χ0) is 19.4. The predicted octanol–water partition coefficient (Wildman–Crippen LogP) is 4.16. The molecular formula is C20H21ClN2O3S. The van der Waals surface area contributed by atoms with Crippen LogP contribution in [0, 0.1) is 0 Å². The number of aliphatic hydroxyl groups is 1. The smallest absolute Gasteiger partial charge is 0.262 e. The molecule has 0 saturated carbocycles. The van der Waals surface area contributed by atoms with Crippen LogP contribution < -0.4 is 10.3 Å². The molecule has 0 aliphatic carbocycles. The first-order valence-corrected chi connectivity index (χ1v) is 10.0. The van der Waals surface area contributed by atoms with Crippen LogP contribution in [0.25, 0.3) is 10.9 Å². The van der Waals surface area contributed by atoms with E-state index in [1.54, 1.807) is 22.8 Å². The number of aliphatic hydroxyl groups excluding tert-OH is 1. The van der Waals surface area contributed by atoms with Crippen LogP contribution in [0.5, 0.6) is 5.75 Å². The van der Waals surface area contributed by atoms with Gasteiger partial charge < -0.3 is 9.84 Å². The topological polar surface area (TPSA) is 64.3 Å². The fraction of sp³-hybridized carbons (Fsp3) is 0.300. The molecule has 0 bridgehead atoms. The Morgan fingerprint density at radius 1 is 1.22 bits per heavy atom. The lowest BCUT2D eigenvalue weighted by Gasteiger charge is -2.17. The molecular weight excluding hydrogens is 384 g/mol. The number of benzene rings is 2. The molecule has 0 amide bonds. The maximum atomic E-state index is 12.8. The van der Waals surface area contributed by atoms with Crippen molar-refractivity contribution >= 4 is 34.3 Å². The molecule has 1 N–H and O–H groups in total. The summed E-state index contributed by atoms with van der Waals surface area (Å²) in [6, 6.07) is 14.4. The number of thioether (sulfide) groups is 1. The first-order chi connectivity index (χ1) is 13.0. The quantitative estimate of drug-likeness (QED) is 0.473. The van der Waals surface area contributed by atoms with Crippen LogP contribution >= 0.6 is 23.4 Å². The molecule has 0 saturated heterocycles. The summed E-state index contributed by atoms with van der Waals surface area (Å²) < 4.78 is 7.22. The molecule has 0 radical (unpaired) electrons. The zero-order valence-electron chi connectivity index (χ0n) is 15.1. The SMILES string of the molecule is CC(C)n1c(SC[C@H](O)COc2ccccc2)nc2cc(Cl)ccc2c1=O. The molecule has 3 aromatic rings. The molecule has 27 heavy (non-hydrogen) atoms. The number of hydrogen-bond donors (Lipinski definition) is 1. The Bertz CT molecular complexity index is 976. The average molecular weight is 405 g/mol. The number of para-hydroxylation sites is 1. The van der Waals surface area contributed by atoms with E-state index in [1.807, 2.05) is 44.2 Å². The van der Waals surface area contributed by atoms with Gasteiger partial charge in [0.25, 0.3) is 5.56 Å². The number of halogens is 1. The minimum atomic E-state index is -0.692. The third-order valence-electron chi connectivity index (χ3n) is 3.94. The van der Waals surface area contributed by atoms with Gasteiger partial charge in [-0.1, -0.05) is 41.6 Å². The molecule has 0 fully saturated rings. The largest absolute Gasteiger partial charge is 0.491 e. The monoisotopic (exact) mass is 404 g/mol. The van der Waals surface area contributed by atoms with Crippen LogP contribution in [0.15, 0.2) is 58.5 Å². The fourth-order valence-electron chi connectivity index (χ4n) is 2.64. The summed E-state index contributed by atoms with van der Waals surface area (Å²) in [7, 11) is 0. The number of aromatic nitrogens is 2. The van der Waals surface area contributed by atoms with Crippen molar-refractivity contribution in [2.75, 3.05) is 12.4 Å². The van der Waals surface area contributed by atoms with Crippen LogP contribution in [0.4, 0.5) is 0 Å². The third-order valence-corrected chi connectivity index (χ3v) is 5.27. The van der Waals surface area contributed by atoms with Gasteiger partial charge in [0, 0.05) is 16.8 Å². The Kier molecular flexibility index (Phi) is 6.42. The van der Waals surface area contributed by atoms with Crippen LogP contribution in [-0.4, -0.2) is 33.1 Å². The number of rotatable bonds is 7. The second-order valence-electron chi connectivity index (χ2n) is 6.41. The molecule has 1 heterocycles. The Hall–Kier alpha value is -2.02. The number of fused-ring (bicyclic) bond motifs is 1. The van der Waals surface area contributed by atoms with Crippen molar-refractivity contribution in [3.05, 3.63) is 63.9 Å². The van der Waals surface area contributed by atoms with Gasteiger partial charge in [-0.2, -0.15) is 0 Å². The van der Waals surface area contributed by atoms with Crippen molar-refractivity contribution in [3.8, 4) is 5.75 Å². The summed E-state index contributed by atoms with van der Waals surface area (Å²) >= 11 is 7.37. The molecule has 3 rings (SSSR count). The van der Waals surface area contributed by atoms with Crippen LogP contribution in [0.2, 0.25) is 5.02 Å². The number of nitrogens with zero attached hydrogens (tertiary/aromatic N) is 2. The van der Waals surface area contributed by atoms with Crippen LogP contribution in [-0.2, 0) is 0 Å². The van der Waals surface area contributed by atoms with Crippen molar-refractivity contribution in [2.45, 2.75) is 31.1 Å². The molecule has 1 atom stereocenters. The van der Waals surface area contributed by atoms with E-state index in [4.69, 9.17) is 16.3 Å². The molecule has 2 aromatic carbocycles. The van der Waals surface area contributed by atoms with Crippen molar-refractivity contribution in [2.24, 2.45) is 0 Å². The lowest BCUT2D eigenvalue weighted by atomic mass is 10.2. The minimum absolute atomic E-state index is 0.0507. The molecule has 0 unspecified atom stereocenters. The summed E-state index contributed by atoms with van der Waals surface area (Å²) in [6.45, 7) is 4.04. The molecule has 7 heteroatoms. The fourth-order valence-corrected chi connectivity index (χ4v) is 3.84. The highest BCUT2D eigenvalue weighted by atomic mass is 35.5.